The molecular weight excluding hydrogens is 170 g/mol. The molecule has 0 unspecified atom stereocenters. The summed E-state index contributed by atoms with van der Waals surface area (Å²) in [6, 6.07) is 6.18. The van der Waals surface area contributed by atoms with Crippen LogP contribution >= 0.6 is 0 Å². The van der Waals surface area contributed by atoms with Crippen LogP contribution < -0.4 is 0 Å². The van der Waals surface area contributed by atoms with Gasteiger partial charge in [-0.25, -0.2) is 0 Å². The fourth-order valence-electron chi connectivity index (χ4n) is 1.84. The molecule has 1 aromatic heterocycles. The minimum atomic E-state index is 0.946. The van der Waals surface area contributed by atoms with Gasteiger partial charge in [-0.05, 0) is 24.1 Å². The number of hydrogen-bond acceptors (Lipinski definition) is 0. The zero-order valence-corrected chi connectivity index (χ0v) is 8.54. The zero-order valence-electron chi connectivity index (χ0n) is 8.54. The van der Waals surface area contributed by atoms with Crippen LogP contribution in [-0.4, -0.2) is 4.57 Å². The molecule has 0 aliphatic heterocycles. The van der Waals surface area contributed by atoms with Gasteiger partial charge in [0, 0.05) is 29.7 Å². The normalized spacial score (nSPS) is 10.4. The quantitative estimate of drug-likeness (QED) is 0.599. The molecule has 0 saturated carbocycles. The molecule has 0 fully saturated rings. The Morgan fingerprint density at radius 3 is 2.86 bits per heavy atom. The first-order valence-corrected chi connectivity index (χ1v) is 4.81. The van der Waals surface area contributed by atoms with Crippen LogP contribution in [0.4, 0.5) is 0 Å². The Bertz CT molecular complexity index is 512. The standard InChI is InChI=1S/C13H13N/c1-4-10-6-7-12-11(5-2)9-14(3)13(12)8-10/h1,6-9H,5H2,2-3H3. The van der Waals surface area contributed by atoms with Gasteiger partial charge in [0.25, 0.3) is 0 Å². The van der Waals surface area contributed by atoms with Crippen LogP contribution in [0.2, 0.25) is 0 Å². The van der Waals surface area contributed by atoms with Gasteiger partial charge in [0.15, 0.2) is 0 Å². The SMILES string of the molecule is C#Cc1ccc2c(CC)cn(C)c2c1. The molecule has 14 heavy (non-hydrogen) atoms. The van der Waals surface area contributed by atoms with E-state index in [0.29, 0.717) is 0 Å². The van der Waals surface area contributed by atoms with Gasteiger partial charge in [0.2, 0.25) is 0 Å². The highest BCUT2D eigenvalue weighted by molar-refractivity contribution is 5.85. The second kappa shape index (κ2) is 3.23. The number of nitrogens with zero attached hydrogens (tertiary/aromatic N) is 1. The van der Waals surface area contributed by atoms with Gasteiger partial charge in [-0.2, -0.15) is 0 Å². The smallest absolute Gasteiger partial charge is 0.0493 e. The summed E-state index contributed by atoms with van der Waals surface area (Å²) in [5.74, 6) is 2.66. The van der Waals surface area contributed by atoms with Gasteiger partial charge in [-0.3, -0.25) is 0 Å². The zero-order chi connectivity index (χ0) is 10.1. The lowest BCUT2D eigenvalue weighted by Crippen LogP contribution is -1.84. The Morgan fingerprint density at radius 2 is 2.21 bits per heavy atom. The summed E-state index contributed by atoms with van der Waals surface area (Å²) in [4.78, 5) is 0. The summed E-state index contributed by atoms with van der Waals surface area (Å²) < 4.78 is 2.13. The Labute approximate surface area is 84.4 Å². The van der Waals surface area contributed by atoms with E-state index in [-0.39, 0.29) is 0 Å². The van der Waals surface area contributed by atoms with Crippen molar-refractivity contribution in [1.82, 2.24) is 4.57 Å². The van der Waals surface area contributed by atoms with Gasteiger partial charge in [0.05, 0.1) is 0 Å². The molecule has 2 aromatic rings. The van der Waals surface area contributed by atoms with Crippen molar-refractivity contribution in [3.05, 3.63) is 35.5 Å². The number of aryl methyl sites for hydroxylation is 2. The third-order valence-electron chi connectivity index (χ3n) is 2.62. The summed E-state index contributed by atoms with van der Waals surface area (Å²) in [6.45, 7) is 2.17. The van der Waals surface area contributed by atoms with E-state index in [1.165, 1.54) is 16.5 Å². The molecule has 2 rings (SSSR count). The summed E-state index contributed by atoms with van der Waals surface area (Å²) in [5, 5.41) is 1.31. The van der Waals surface area contributed by atoms with Gasteiger partial charge < -0.3 is 4.57 Å². The Morgan fingerprint density at radius 1 is 1.43 bits per heavy atom. The van der Waals surface area contributed by atoms with Gasteiger partial charge in [0.1, 0.15) is 0 Å². The highest BCUT2D eigenvalue weighted by Crippen LogP contribution is 2.21. The van der Waals surface area contributed by atoms with E-state index < -0.39 is 0 Å². The van der Waals surface area contributed by atoms with Gasteiger partial charge >= 0.3 is 0 Å². The van der Waals surface area contributed by atoms with Gasteiger partial charge in [-0.15, -0.1) is 6.42 Å². The van der Waals surface area contributed by atoms with E-state index in [4.69, 9.17) is 6.42 Å². The number of aromatic nitrogens is 1. The topological polar surface area (TPSA) is 4.93 Å². The molecule has 0 spiro atoms. The summed E-state index contributed by atoms with van der Waals surface area (Å²) >= 11 is 0. The molecule has 0 saturated heterocycles. The molecule has 1 aromatic carbocycles. The second-order valence-electron chi connectivity index (χ2n) is 3.50. The first-order chi connectivity index (χ1) is 6.76. The fourth-order valence-corrected chi connectivity index (χ4v) is 1.84. The number of fused-ring (bicyclic) bond motifs is 1. The lowest BCUT2D eigenvalue weighted by molar-refractivity contribution is 0.954. The number of benzene rings is 1. The van der Waals surface area contributed by atoms with E-state index in [2.05, 4.69) is 42.8 Å². The van der Waals surface area contributed by atoms with Crippen LogP contribution in [0.3, 0.4) is 0 Å². The van der Waals surface area contributed by atoms with Crippen LogP contribution in [0.1, 0.15) is 18.1 Å². The minimum Gasteiger partial charge on any atom is -0.350 e. The largest absolute Gasteiger partial charge is 0.350 e. The summed E-state index contributed by atoms with van der Waals surface area (Å²) in [7, 11) is 2.06. The molecular formula is C13H13N. The highest BCUT2D eigenvalue weighted by Gasteiger charge is 2.04. The first kappa shape index (κ1) is 8.90. The van der Waals surface area contributed by atoms with Crippen molar-refractivity contribution in [2.45, 2.75) is 13.3 Å². The maximum Gasteiger partial charge on any atom is 0.0493 e. The average Bonchev–Trinajstić information content (AvgIpc) is 2.55. The Balaban J connectivity index is 2.78. The first-order valence-electron chi connectivity index (χ1n) is 4.81. The molecule has 70 valence electrons. The van der Waals surface area contributed by atoms with E-state index in [1.54, 1.807) is 0 Å². The predicted molar refractivity (Wildman–Crippen MR) is 60.2 cm³/mol. The van der Waals surface area contributed by atoms with Crippen LogP contribution in [0, 0.1) is 12.3 Å². The maximum absolute atomic E-state index is 5.37. The number of rotatable bonds is 1. The van der Waals surface area contributed by atoms with E-state index >= 15 is 0 Å². The molecule has 0 aliphatic rings. The molecule has 0 bridgehead atoms. The van der Waals surface area contributed by atoms with Crippen LogP contribution in [0.5, 0.6) is 0 Å². The molecule has 0 atom stereocenters. The van der Waals surface area contributed by atoms with Crippen LogP contribution in [0.15, 0.2) is 24.4 Å². The molecule has 0 N–H and O–H groups in total. The van der Waals surface area contributed by atoms with Crippen molar-refractivity contribution >= 4 is 10.9 Å². The van der Waals surface area contributed by atoms with Crippen LogP contribution in [-0.2, 0) is 13.5 Å². The van der Waals surface area contributed by atoms with E-state index in [9.17, 15) is 0 Å². The number of terminal acetylenes is 1. The van der Waals surface area contributed by atoms with Crippen molar-refractivity contribution in [1.29, 1.82) is 0 Å². The lowest BCUT2D eigenvalue weighted by atomic mass is 10.1. The third-order valence-corrected chi connectivity index (χ3v) is 2.62. The van der Waals surface area contributed by atoms with Crippen molar-refractivity contribution in [2.24, 2.45) is 7.05 Å². The van der Waals surface area contributed by atoms with E-state index in [0.717, 1.165) is 12.0 Å². The maximum atomic E-state index is 5.37. The van der Waals surface area contributed by atoms with Gasteiger partial charge in [-0.1, -0.05) is 18.9 Å². The molecule has 1 nitrogen and oxygen atoms in total. The lowest BCUT2D eigenvalue weighted by Gasteiger charge is -1.96. The van der Waals surface area contributed by atoms with Crippen molar-refractivity contribution in [3.63, 3.8) is 0 Å². The van der Waals surface area contributed by atoms with Crippen molar-refractivity contribution in [3.8, 4) is 12.3 Å². The average molecular weight is 183 g/mol. The van der Waals surface area contributed by atoms with Crippen molar-refractivity contribution < 1.29 is 0 Å². The third kappa shape index (κ3) is 1.20. The Hall–Kier alpha value is -1.68. The molecule has 1 heteroatoms. The number of hydrogen-bond donors (Lipinski definition) is 0. The predicted octanol–water partition coefficient (Wildman–Crippen LogP) is 2.72. The second-order valence-corrected chi connectivity index (χ2v) is 3.50. The van der Waals surface area contributed by atoms with Crippen LogP contribution in [0.25, 0.3) is 10.9 Å². The van der Waals surface area contributed by atoms with E-state index in [1.807, 2.05) is 6.07 Å². The molecule has 0 aliphatic carbocycles. The minimum absolute atomic E-state index is 0.946. The summed E-state index contributed by atoms with van der Waals surface area (Å²) in [5.41, 5.74) is 3.55. The molecule has 1 heterocycles. The summed E-state index contributed by atoms with van der Waals surface area (Å²) in [6.07, 6.45) is 8.60. The molecule has 0 amide bonds. The fraction of sp³-hybridized carbons (Fsp3) is 0.231. The Kier molecular flexibility index (Phi) is 2.05. The highest BCUT2D eigenvalue weighted by atomic mass is 14.9. The molecule has 0 radical (unpaired) electrons. The monoisotopic (exact) mass is 183 g/mol. The van der Waals surface area contributed by atoms with Crippen molar-refractivity contribution in [2.75, 3.05) is 0 Å².